The predicted molar refractivity (Wildman–Crippen MR) is 78.7 cm³/mol. The zero-order valence-corrected chi connectivity index (χ0v) is 18.9. The van der Waals surface area contributed by atoms with E-state index in [1.807, 2.05) is 20.9 Å². The molecule has 2 fully saturated rings. The largest absolute Gasteiger partial charge is 1.00 e. The third-order valence-electron chi connectivity index (χ3n) is 4.87. The molecule has 0 N–H and O–H groups in total. The molecule has 2 rings (SSSR count). The van der Waals surface area contributed by atoms with Crippen LogP contribution in [0.3, 0.4) is 0 Å². The monoisotopic (exact) mass is 486 g/mol. The van der Waals surface area contributed by atoms with Gasteiger partial charge in [0.25, 0.3) is 0 Å². The zero-order chi connectivity index (χ0) is 15.2. The van der Waals surface area contributed by atoms with E-state index in [0.717, 1.165) is 25.7 Å². The summed E-state index contributed by atoms with van der Waals surface area (Å²) < 4.78 is 3.74. The molecule has 2 saturated carbocycles. The van der Waals surface area contributed by atoms with E-state index in [4.69, 9.17) is 0 Å². The summed E-state index contributed by atoms with van der Waals surface area (Å²) in [6.45, 7) is 0. The molecule has 0 aromatic heterocycles. The van der Waals surface area contributed by atoms with E-state index in [1.54, 1.807) is 0 Å². The van der Waals surface area contributed by atoms with Crippen LogP contribution < -0.4 is 34.0 Å². The zero-order valence-electron chi connectivity index (χ0n) is 14.2. The number of hydrogen-bond donors (Lipinski definition) is 0. The summed E-state index contributed by atoms with van der Waals surface area (Å²) in [7, 11) is 3.78. The number of carbonyl (C=O) groups is 2. The summed E-state index contributed by atoms with van der Waals surface area (Å²) in [5.74, 6) is 0.979. The Bertz CT molecular complexity index is 339. The summed E-state index contributed by atoms with van der Waals surface area (Å²) in [5, 5.41) is 0. The fraction of sp³-hybridized carbons (Fsp3) is 0.875. The molecule has 2 aliphatic carbocycles. The Morgan fingerprint density at radius 2 is 1.00 bits per heavy atom. The number of rotatable bonds is 4. The Balaban J connectivity index is 0.00000242. The molecule has 0 spiro atoms. The molecule has 0 saturated heterocycles. The van der Waals surface area contributed by atoms with Gasteiger partial charge in [-0.3, -0.25) is 0 Å². The molecule has 7 heteroatoms. The van der Waals surface area contributed by atoms with Gasteiger partial charge in [0.1, 0.15) is 0 Å². The van der Waals surface area contributed by atoms with Gasteiger partial charge >= 0.3 is 138 Å². The van der Waals surface area contributed by atoms with Crippen LogP contribution >= 0.6 is 0 Å². The maximum absolute atomic E-state index is 12.5. The van der Waals surface area contributed by atoms with Gasteiger partial charge in [0.05, 0.1) is 0 Å². The van der Waals surface area contributed by atoms with Gasteiger partial charge < -0.3 is 34.0 Å². The molecular formula is C16H28Br2N2O2Ti. The van der Waals surface area contributed by atoms with Crippen LogP contribution in [0.5, 0.6) is 0 Å². The molecule has 0 bridgehead atoms. The van der Waals surface area contributed by atoms with Gasteiger partial charge in [-0.25, -0.2) is 0 Å². The first-order valence-corrected chi connectivity index (χ1v) is 9.80. The van der Waals surface area contributed by atoms with Crippen LogP contribution in [0.15, 0.2) is 0 Å². The Labute approximate surface area is 171 Å². The van der Waals surface area contributed by atoms with Gasteiger partial charge in [-0.05, 0) is 0 Å². The van der Waals surface area contributed by atoms with E-state index < -0.39 is 19.7 Å². The van der Waals surface area contributed by atoms with Crippen LogP contribution in [0.2, 0.25) is 0 Å². The van der Waals surface area contributed by atoms with Crippen molar-refractivity contribution in [2.24, 2.45) is 11.8 Å². The van der Waals surface area contributed by atoms with E-state index >= 15 is 0 Å². The number of nitrogens with zero attached hydrogens (tertiary/aromatic N) is 2. The SMILES string of the molecule is C[N]([Ti+2][N](C)C(=O)C1CCCCC1)C(=O)C1CCCCC1.[Br-].[Br-]. The van der Waals surface area contributed by atoms with Crippen molar-refractivity contribution >= 4 is 11.8 Å². The number of hydrogen-bond acceptors (Lipinski definition) is 2. The standard InChI is InChI=1S/2C8H15NO.2BrH.Ti/c2*1-9-8(10)7-5-3-2-4-6-7;;;/h2*7H,2-6H2,1H3,(H,9,10);2*1H;/q;;;;+4/p-4. The van der Waals surface area contributed by atoms with Crippen LogP contribution in [0, 0.1) is 11.8 Å². The van der Waals surface area contributed by atoms with Gasteiger partial charge in [0, 0.05) is 0 Å². The Morgan fingerprint density at radius 3 is 1.30 bits per heavy atom. The minimum Gasteiger partial charge on any atom is -1.00 e. The molecule has 132 valence electrons. The first kappa shape index (κ1) is 23.6. The number of halogens is 2. The van der Waals surface area contributed by atoms with E-state index in [1.165, 1.54) is 38.5 Å². The summed E-state index contributed by atoms with van der Waals surface area (Å²) in [6, 6.07) is 0. The molecule has 0 atom stereocenters. The van der Waals surface area contributed by atoms with Gasteiger partial charge in [-0.2, -0.15) is 0 Å². The van der Waals surface area contributed by atoms with Crippen LogP contribution in [0.1, 0.15) is 64.2 Å². The molecule has 0 aromatic rings. The first-order valence-electron chi connectivity index (χ1n) is 8.41. The second-order valence-corrected chi connectivity index (χ2v) is 8.97. The Hall–Kier alpha value is 0.614. The minimum atomic E-state index is -0.818. The molecule has 23 heavy (non-hydrogen) atoms. The van der Waals surface area contributed by atoms with Crippen molar-refractivity contribution in [2.45, 2.75) is 64.2 Å². The fourth-order valence-electron chi connectivity index (χ4n) is 3.57. The van der Waals surface area contributed by atoms with Crippen molar-refractivity contribution in [1.29, 1.82) is 0 Å². The van der Waals surface area contributed by atoms with Crippen molar-refractivity contribution in [3.63, 3.8) is 0 Å². The smallest absolute Gasteiger partial charge is 1.00 e. The second-order valence-electron chi connectivity index (χ2n) is 6.56. The van der Waals surface area contributed by atoms with Crippen molar-refractivity contribution in [2.75, 3.05) is 14.1 Å². The minimum absolute atomic E-state index is 0. The van der Waals surface area contributed by atoms with E-state index in [-0.39, 0.29) is 57.6 Å². The molecule has 2 aliphatic rings. The predicted octanol–water partition coefficient (Wildman–Crippen LogP) is -3.02. The third kappa shape index (κ3) is 7.17. The normalized spacial score (nSPS) is 18.9. The molecule has 0 radical (unpaired) electrons. The fourth-order valence-corrected chi connectivity index (χ4v) is 5.15. The Morgan fingerprint density at radius 1 is 0.696 bits per heavy atom. The van der Waals surface area contributed by atoms with Crippen LogP contribution in [0.4, 0.5) is 0 Å². The maximum Gasteiger partial charge on any atom is -1.00 e. The van der Waals surface area contributed by atoms with Gasteiger partial charge in [0.15, 0.2) is 0 Å². The molecule has 0 heterocycles. The van der Waals surface area contributed by atoms with Crippen LogP contribution in [0.25, 0.3) is 0 Å². The van der Waals surface area contributed by atoms with E-state index in [0.29, 0.717) is 0 Å². The molecule has 0 unspecified atom stereocenters. The van der Waals surface area contributed by atoms with Crippen molar-refractivity contribution in [1.82, 2.24) is 6.76 Å². The quantitative estimate of drug-likeness (QED) is 0.396. The topological polar surface area (TPSA) is 40.6 Å². The molecule has 0 aromatic carbocycles. The molecule has 4 nitrogen and oxygen atoms in total. The summed E-state index contributed by atoms with van der Waals surface area (Å²) in [4.78, 5) is 24.9. The summed E-state index contributed by atoms with van der Waals surface area (Å²) >= 11 is -0.818. The van der Waals surface area contributed by atoms with Crippen molar-refractivity contribution in [3.8, 4) is 0 Å². The maximum atomic E-state index is 12.5. The molecule has 0 aliphatic heterocycles. The molecule has 2 amide bonds. The average molecular weight is 488 g/mol. The second kappa shape index (κ2) is 12.0. The van der Waals surface area contributed by atoms with Gasteiger partial charge in [-0.15, -0.1) is 0 Å². The van der Waals surface area contributed by atoms with Crippen molar-refractivity contribution < 1.29 is 63.2 Å². The molecular weight excluding hydrogens is 460 g/mol. The van der Waals surface area contributed by atoms with Gasteiger partial charge in [0.2, 0.25) is 0 Å². The van der Waals surface area contributed by atoms with Crippen molar-refractivity contribution in [3.05, 3.63) is 0 Å². The summed E-state index contributed by atoms with van der Waals surface area (Å²) in [6.07, 6.45) is 11.4. The van der Waals surface area contributed by atoms with E-state index in [2.05, 4.69) is 0 Å². The Kier molecular flexibility index (Phi) is 12.4. The first-order chi connectivity index (χ1) is 10.1. The van der Waals surface area contributed by atoms with E-state index in [9.17, 15) is 9.59 Å². The number of amides is 2. The number of carbonyl (C=O) groups excluding carboxylic acids is 2. The van der Waals surface area contributed by atoms with Crippen LogP contribution in [-0.4, -0.2) is 32.7 Å². The van der Waals surface area contributed by atoms with Crippen LogP contribution in [-0.2, 0) is 29.3 Å². The summed E-state index contributed by atoms with van der Waals surface area (Å²) in [5.41, 5.74) is 0. The van der Waals surface area contributed by atoms with Gasteiger partial charge in [-0.1, -0.05) is 0 Å². The third-order valence-corrected chi connectivity index (χ3v) is 6.50. The average Bonchev–Trinajstić information content (AvgIpc) is 2.55.